The van der Waals surface area contributed by atoms with E-state index in [4.69, 9.17) is 0 Å². The molecular formula is C19H25NS. The number of hydrogen-bond acceptors (Lipinski definition) is 2. The van der Waals surface area contributed by atoms with Crippen LogP contribution in [0.1, 0.15) is 36.3 Å². The van der Waals surface area contributed by atoms with Gasteiger partial charge in [0.15, 0.2) is 0 Å². The largest absolute Gasteiger partial charge is 0.312 e. The molecule has 2 aromatic rings. The molecule has 0 aromatic heterocycles. The number of likely N-dealkylation sites (N-methyl/N-ethyl adjacent to an activating group) is 1. The van der Waals surface area contributed by atoms with Gasteiger partial charge >= 0.3 is 0 Å². The van der Waals surface area contributed by atoms with E-state index in [9.17, 15) is 0 Å². The lowest BCUT2D eigenvalue weighted by Crippen LogP contribution is -2.22. The van der Waals surface area contributed by atoms with Gasteiger partial charge in [0.05, 0.1) is 0 Å². The summed E-state index contributed by atoms with van der Waals surface area (Å²) >= 11 is 2.05. The highest BCUT2D eigenvalue weighted by Crippen LogP contribution is 2.40. The molecule has 0 aliphatic rings. The molecule has 112 valence electrons. The zero-order chi connectivity index (χ0) is 15.1. The van der Waals surface area contributed by atoms with Crippen LogP contribution < -0.4 is 5.32 Å². The van der Waals surface area contributed by atoms with Gasteiger partial charge in [0.1, 0.15) is 0 Å². The maximum atomic E-state index is 3.52. The molecule has 0 aliphatic heterocycles. The summed E-state index contributed by atoms with van der Waals surface area (Å²) in [7, 11) is 2.06. The van der Waals surface area contributed by atoms with E-state index in [0.29, 0.717) is 17.2 Å². The van der Waals surface area contributed by atoms with Crippen molar-refractivity contribution in [2.24, 2.45) is 5.92 Å². The van der Waals surface area contributed by atoms with E-state index in [0.717, 1.165) is 0 Å². The van der Waals surface area contributed by atoms with Gasteiger partial charge in [-0.05, 0) is 29.8 Å². The fraction of sp³-hybridized carbons (Fsp3) is 0.368. The van der Waals surface area contributed by atoms with Crippen molar-refractivity contribution < 1.29 is 0 Å². The Balaban J connectivity index is 2.28. The fourth-order valence-electron chi connectivity index (χ4n) is 2.48. The third-order valence-electron chi connectivity index (χ3n) is 3.51. The van der Waals surface area contributed by atoms with Crippen LogP contribution in [0.2, 0.25) is 0 Å². The lowest BCUT2D eigenvalue weighted by atomic mass is 9.98. The molecule has 1 N–H and O–H groups in total. The van der Waals surface area contributed by atoms with Crippen molar-refractivity contribution in [3.8, 4) is 0 Å². The van der Waals surface area contributed by atoms with Crippen LogP contribution in [0, 0.1) is 5.92 Å². The Morgan fingerprint density at radius 2 is 1.38 bits per heavy atom. The van der Waals surface area contributed by atoms with Gasteiger partial charge in [0.25, 0.3) is 0 Å². The molecule has 2 unspecified atom stereocenters. The molecule has 0 aliphatic carbocycles. The van der Waals surface area contributed by atoms with E-state index in [2.05, 4.69) is 86.9 Å². The summed E-state index contributed by atoms with van der Waals surface area (Å²) < 4.78 is 0. The van der Waals surface area contributed by atoms with Gasteiger partial charge in [-0.3, -0.25) is 0 Å². The average molecular weight is 299 g/mol. The smallest absolute Gasteiger partial charge is 0.0492 e. The predicted molar refractivity (Wildman–Crippen MR) is 94.7 cm³/mol. The summed E-state index contributed by atoms with van der Waals surface area (Å²) in [6.45, 7) is 4.57. The molecule has 2 aromatic carbocycles. The number of benzene rings is 2. The second-order valence-corrected chi connectivity index (χ2v) is 6.91. The third-order valence-corrected chi connectivity index (χ3v) is 5.27. The van der Waals surface area contributed by atoms with Gasteiger partial charge in [0, 0.05) is 11.3 Å². The van der Waals surface area contributed by atoms with E-state index < -0.39 is 0 Å². The topological polar surface area (TPSA) is 12.0 Å². The van der Waals surface area contributed by atoms with Gasteiger partial charge in [-0.1, -0.05) is 74.5 Å². The molecule has 2 heteroatoms. The molecule has 21 heavy (non-hydrogen) atoms. The number of nitrogens with one attached hydrogen (secondary N) is 1. The normalized spacial score (nSPS) is 14.1. The first-order valence-electron chi connectivity index (χ1n) is 7.61. The highest BCUT2D eigenvalue weighted by Gasteiger charge is 2.24. The first kappa shape index (κ1) is 16.1. The molecule has 2 rings (SSSR count). The van der Waals surface area contributed by atoms with Crippen LogP contribution >= 0.6 is 11.8 Å². The highest BCUT2D eigenvalue weighted by atomic mass is 32.2. The van der Waals surface area contributed by atoms with Crippen molar-refractivity contribution in [1.82, 2.24) is 5.32 Å². The first-order chi connectivity index (χ1) is 10.2. The van der Waals surface area contributed by atoms with Crippen LogP contribution in [0.25, 0.3) is 0 Å². The molecule has 0 saturated carbocycles. The summed E-state index contributed by atoms with van der Waals surface area (Å²) in [4.78, 5) is 0. The molecule has 0 amide bonds. The molecule has 0 fully saturated rings. The van der Waals surface area contributed by atoms with Gasteiger partial charge in [-0.25, -0.2) is 0 Å². The predicted octanol–water partition coefficient (Wildman–Crippen LogP) is 5.08. The van der Waals surface area contributed by atoms with E-state index in [1.807, 2.05) is 11.8 Å². The minimum absolute atomic E-state index is 0.331. The average Bonchev–Trinajstić information content (AvgIpc) is 2.53. The third kappa shape index (κ3) is 4.62. The SMILES string of the molecule is CNC(c1ccccc1)C(SCC(C)C)c1ccccc1. The van der Waals surface area contributed by atoms with Crippen molar-refractivity contribution in [1.29, 1.82) is 0 Å². The number of rotatable bonds is 7. The molecule has 1 nitrogen and oxygen atoms in total. The minimum Gasteiger partial charge on any atom is -0.312 e. The number of thioether (sulfide) groups is 1. The molecule has 0 heterocycles. The molecule has 0 bridgehead atoms. The van der Waals surface area contributed by atoms with Crippen LogP contribution in [0.4, 0.5) is 0 Å². The summed E-state index contributed by atoms with van der Waals surface area (Å²) in [5.74, 6) is 1.87. The zero-order valence-corrected chi connectivity index (χ0v) is 13.9. The second-order valence-electron chi connectivity index (χ2n) is 5.74. The number of hydrogen-bond donors (Lipinski definition) is 1. The van der Waals surface area contributed by atoms with Crippen LogP contribution in [-0.4, -0.2) is 12.8 Å². The Kier molecular flexibility index (Phi) is 6.34. The molecule has 2 atom stereocenters. The molecule has 0 radical (unpaired) electrons. The summed E-state index contributed by atoms with van der Waals surface area (Å²) in [5, 5.41) is 3.95. The molecule has 0 spiro atoms. The quantitative estimate of drug-likeness (QED) is 0.765. The summed E-state index contributed by atoms with van der Waals surface area (Å²) in [5.41, 5.74) is 2.75. The maximum absolute atomic E-state index is 3.52. The van der Waals surface area contributed by atoms with E-state index in [1.165, 1.54) is 16.9 Å². The minimum atomic E-state index is 0.331. The molecular weight excluding hydrogens is 274 g/mol. The van der Waals surface area contributed by atoms with Crippen LogP contribution in [0.15, 0.2) is 60.7 Å². The van der Waals surface area contributed by atoms with Crippen molar-refractivity contribution in [2.75, 3.05) is 12.8 Å². The summed E-state index contributed by atoms with van der Waals surface area (Å²) in [6, 6.07) is 21.9. The zero-order valence-electron chi connectivity index (χ0n) is 13.1. The van der Waals surface area contributed by atoms with Crippen LogP contribution in [-0.2, 0) is 0 Å². The van der Waals surface area contributed by atoms with Crippen molar-refractivity contribution in [3.63, 3.8) is 0 Å². The Labute approximate surface area is 133 Å². The Hall–Kier alpha value is -1.25. The van der Waals surface area contributed by atoms with Gasteiger partial charge in [0.2, 0.25) is 0 Å². The maximum Gasteiger partial charge on any atom is 0.0492 e. The van der Waals surface area contributed by atoms with Crippen LogP contribution in [0.3, 0.4) is 0 Å². The van der Waals surface area contributed by atoms with Crippen molar-refractivity contribution in [2.45, 2.75) is 25.1 Å². The molecule has 0 saturated heterocycles. The van der Waals surface area contributed by atoms with Crippen LogP contribution in [0.5, 0.6) is 0 Å². The lowest BCUT2D eigenvalue weighted by molar-refractivity contribution is 0.579. The summed E-state index contributed by atoms with van der Waals surface area (Å²) in [6.07, 6.45) is 0. The van der Waals surface area contributed by atoms with Gasteiger partial charge in [-0.15, -0.1) is 0 Å². The first-order valence-corrected chi connectivity index (χ1v) is 8.66. The van der Waals surface area contributed by atoms with Crippen molar-refractivity contribution in [3.05, 3.63) is 71.8 Å². The van der Waals surface area contributed by atoms with Gasteiger partial charge in [-0.2, -0.15) is 11.8 Å². The lowest BCUT2D eigenvalue weighted by Gasteiger charge is -2.28. The Bertz CT molecular complexity index is 510. The van der Waals surface area contributed by atoms with E-state index >= 15 is 0 Å². The van der Waals surface area contributed by atoms with E-state index in [-0.39, 0.29) is 0 Å². The second kappa shape index (κ2) is 8.26. The standard InChI is InChI=1S/C19H25NS/c1-15(2)14-21-19(17-12-8-5-9-13-17)18(20-3)16-10-6-4-7-11-16/h4-13,15,18-20H,14H2,1-3H3. The van der Waals surface area contributed by atoms with Crippen molar-refractivity contribution >= 4 is 11.8 Å². The van der Waals surface area contributed by atoms with E-state index in [1.54, 1.807) is 0 Å². The monoisotopic (exact) mass is 299 g/mol. The highest BCUT2D eigenvalue weighted by molar-refractivity contribution is 7.99. The Morgan fingerprint density at radius 1 is 0.857 bits per heavy atom. The Morgan fingerprint density at radius 3 is 1.86 bits per heavy atom. The van der Waals surface area contributed by atoms with Gasteiger partial charge < -0.3 is 5.32 Å². The fourth-order valence-corrected chi connectivity index (χ4v) is 3.90.